The number of carbonyl (C=O) groups excluding carboxylic acids is 2. The number of guanidine groups is 2. The summed E-state index contributed by atoms with van der Waals surface area (Å²) in [7, 11) is 0. The Morgan fingerprint density at radius 3 is 2.74 bits per heavy atom. The standard InChI is InChI=1S/C21H22N6O4/c1-12-3-2-4-13(9-12)24-20(22)27-21-25-15(19(29)26-21)11-18(28)23-14-5-6-16-17(10-14)31-8-7-30-16/h2-6,9-10,15H,7-8,11H2,1H3,(H,23,28)(H4,22,24,25,26,27,29). The van der Waals surface area contributed by atoms with Gasteiger partial charge in [-0.2, -0.15) is 4.99 Å². The summed E-state index contributed by atoms with van der Waals surface area (Å²) in [5.41, 5.74) is 8.26. The quantitative estimate of drug-likeness (QED) is 0.434. The smallest absolute Gasteiger partial charge is 0.252 e. The molecule has 1 unspecified atom stereocenters. The highest BCUT2D eigenvalue weighted by Crippen LogP contribution is 2.32. The number of aryl methyl sites for hydroxylation is 1. The van der Waals surface area contributed by atoms with E-state index in [0.717, 1.165) is 11.3 Å². The number of amides is 2. The van der Waals surface area contributed by atoms with Crippen molar-refractivity contribution in [3.05, 3.63) is 48.0 Å². The molecule has 1 atom stereocenters. The lowest BCUT2D eigenvalue weighted by Crippen LogP contribution is -2.32. The van der Waals surface area contributed by atoms with Gasteiger partial charge in [-0.3, -0.25) is 14.9 Å². The van der Waals surface area contributed by atoms with Gasteiger partial charge < -0.3 is 25.8 Å². The third kappa shape index (κ3) is 5.10. The average Bonchev–Trinajstić information content (AvgIpc) is 3.06. The first-order valence-corrected chi connectivity index (χ1v) is 9.72. The van der Waals surface area contributed by atoms with Crippen LogP contribution in [0.2, 0.25) is 0 Å². The number of hydrogen-bond acceptors (Lipinski definition) is 6. The summed E-state index contributed by atoms with van der Waals surface area (Å²) in [5, 5.41) is 8.20. The molecule has 5 N–H and O–H groups in total. The van der Waals surface area contributed by atoms with Crippen LogP contribution in [0.4, 0.5) is 11.4 Å². The maximum Gasteiger partial charge on any atom is 0.252 e. The Morgan fingerprint density at radius 2 is 1.94 bits per heavy atom. The van der Waals surface area contributed by atoms with E-state index in [4.69, 9.17) is 15.2 Å². The molecule has 31 heavy (non-hydrogen) atoms. The van der Waals surface area contributed by atoms with E-state index >= 15 is 0 Å². The molecule has 2 amide bonds. The summed E-state index contributed by atoms with van der Waals surface area (Å²) in [5.74, 6) is 0.541. The molecule has 0 aromatic heterocycles. The van der Waals surface area contributed by atoms with Gasteiger partial charge in [-0.15, -0.1) is 0 Å². The van der Waals surface area contributed by atoms with E-state index in [1.165, 1.54) is 0 Å². The molecule has 0 radical (unpaired) electrons. The van der Waals surface area contributed by atoms with Crippen molar-refractivity contribution >= 4 is 35.1 Å². The third-order valence-electron chi connectivity index (χ3n) is 4.54. The molecule has 2 heterocycles. The summed E-state index contributed by atoms with van der Waals surface area (Å²) >= 11 is 0. The second kappa shape index (κ2) is 8.74. The Labute approximate surface area is 178 Å². The van der Waals surface area contributed by atoms with E-state index in [1.807, 2.05) is 31.2 Å². The van der Waals surface area contributed by atoms with E-state index in [1.54, 1.807) is 18.2 Å². The van der Waals surface area contributed by atoms with Crippen LogP contribution in [-0.2, 0) is 9.59 Å². The monoisotopic (exact) mass is 422 g/mol. The van der Waals surface area contributed by atoms with Gasteiger partial charge in [-0.25, -0.2) is 4.99 Å². The van der Waals surface area contributed by atoms with Crippen molar-refractivity contribution in [2.75, 3.05) is 23.8 Å². The van der Waals surface area contributed by atoms with Gasteiger partial charge in [-0.1, -0.05) is 12.1 Å². The van der Waals surface area contributed by atoms with Crippen LogP contribution in [-0.4, -0.2) is 43.0 Å². The minimum Gasteiger partial charge on any atom is -0.486 e. The molecule has 0 saturated carbocycles. The maximum atomic E-state index is 12.4. The summed E-state index contributed by atoms with van der Waals surface area (Å²) in [6.45, 7) is 2.90. The number of nitrogens with two attached hydrogens (primary N) is 1. The summed E-state index contributed by atoms with van der Waals surface area (Å²) < 4.78 is 11.0. The molecular formula is C21H22N6O4. The minimum atomic E-state index is -0.886. The molecule has 0 bridgehead atoms. The van der Waals surface area contributed by atoms with Crippen molar-refractivity contribution < 1.29 is 19.1 Å². The molecule has 0 fully saturated rings. The van der Waals surface area contributed by atoms with Crippen molar-refractivity contribution in [3.63, 3.8) is 0 Å². The fraction of sp³-hybridized carbons (Fsp3) is 0.238. The highest BCUT2D eigenvalue weighted by Gasteiger charge is 2.29. The fourth-order valence-electron chi connectivity index (χ4n) is 3.15. The molecule has 0 spiro atoms. The van der Waals surface area contributed by atoms with Crippen molar-refractivity contribution in [2.24, 2.45) is 15.7 Å². The van der Waals surface area contributed by atoms with E-state index in [2.05, 4.69) is 25.9 Å². The largest absolute Gasteiger partial charge is 0.486 e. The van der Waals surface area contributed by atoms with Crippen LogP contribution in [0.5, 0.6) is 11.5 Å². The number of rotatable bonds is 4. The van der Waals surface area contributed by atoms with Crippen LogP contribution < -0.4 is 31.2 Å². The van der Waals surface area contributed by atoms with Gasteiger partial charge >= 0.3 is 0 Å². The average molecular weight is 422 g/mol. The fourth-order valence-corrected chi connectivity index (χ4v) is 3.15. The molecular weight excluding hydrogens is 400 g/mol. The van der Waals surface area contributed by atoms with Crippen LogP contribution in [0.15, 0.2) is 52.4 Å². The van der Waals surface area contributed by atoms with Crippen LogP contribution in [0.25, 0.3) is 0 Å². The predicted octanol–water partition coefficient (Wildman–Crippen LogP) is 1.38. The van der Waals surface area contributed by atoms with Crippen molar-refractivity contribution in [2.45, 2.75) is 19.4 Å². The van der Waals surface area contributed by atoms with Gasteiger partial charge in [0, 0.05) is 17.4 Å². The van der Waals surface area contributed by atoms with Crippen molar-refractivity contribution in [3.8, 4) is 11.5 Å². The Bertz CT molecular complexity index is 1080. The van der Waals surface area contributed by atoms with E-state index in [0.29, 0.717) is 30.4 Å². The predicted molar refractivity (Wildman–Crippen MR) is 116 cm³/mol. The topological polar surface area (TPSA) is 139 Å². The molecule has 0 saturated heterocycles. The zero-order valence-corrected chi connectivity index (χ0v) is 16.8. The molecule has 2 aliphatic rings. The van der Waals surface area contributed by atoms with Gasteiger partial charge in [0.15, 0.2) is 11.5 Å². The highest BCUT2D eigenvalue weighted by molar-refractivity contribution is 6.11. The summed E-state index contributed by atoms with van der Waals surface area (Å²) in [4.78, 5) is 32.8. The maximum absolute atomic E-state index is 12.4. The van der Waals surface area contributed by atoms with E-state index in [9.17, 15) is 9.59 Å². The number of aliphatic imine (C=N–C) groups is 2. The van der Waals surface area contributed by atoms with Crippen molar-refractivity contribution in [1.82, 2.24) is 5.32 Å². The van der Waals surface area contributed by atoms with Crippen LogP contribution in [0, 0.1) is 6.92 Å². The van der Waals surface area contributed by atoms with Gasteiger partial charge in [0.05, 0.1) is 6.42 Å². The molecule has 10 heteroatoms. The number of nitrogens with one attached hydrogen (secondary N) is 3. The lowest BCUT2D eigenvalue weighted by molar-refractivity contribution is -0.123. The number of carbonyl (C=O) groups is 2. The lowest BCUT2D eigenvalue weighted by Gasteiger charge is -2.19. The number of nitrogens with zero attached hydrogens (tertiary/aromatic N) is 2. The van der Waals surface area contributed by atoms with Gasteiger partial charge in [0.1, 0.15) is 19.3 Å². The molecule has 10 nitrogen and oxygen atoms in total. The summed E-state index contributed by atoms with van der Waals surface area (Å²) in [6, 6.07) is 11.8. The molecule has 0 aliphatic carbocycles. The normalized spacial score (nSPS) is 17.6. The summed E-state index contributed by atoms with van der Waals surface area (Å²) in [6.07, 6.45) is -0.134. The molecule has 2 aromatic carbocycles. The Kier molecular flexibility index (Phi) is 5.69. The van der Waals surface area contributed by atoms with Gasteiger partial charge in [0.2, 0.25) is 17.8 Å². The number of benzene rings is 2. The van der Waals surface area contributed by atoms with E-state index in [-0.39, 0.29) is 24.2 Å². The Morgan fingerprint density at radius 1 is 1.16 bits per heavy atom. The first kappa shape index (κ1) is 20.2. The van der Waals surface area contributed by atoms with Gasteiger partial charge in [0.25, 0.3) is 5.91 Å². The number of fused-ring (bicyclic) bond motifs is 1. The molecule has 2 aromatic rings. The number of hydrogen-bond donors (Lipinski definition) is 4. The first-order valence-electron chi connectivity index (χ1n) is 9.72. The number of ether oxygens (including phenoxy) is 2. The van der Waals surface area contributed by atoms with Crippen molar-refractivity contribution in [1.29, 1.82) is 0 Å². The lowest BCUT2D eigenvalue weighted by atomic mass is 10.2. The zero-order valence-electron chi connectivity index (χ0n) is 16.8. The SMILES string of the molecule is Cc1cccc(N/C(N)=N/C2=NC(CC(=O)Nc3ccc4c(c3)OCCO4)C(=O)N2)c1. The Balaban J connectivity index is 1.36. The van der Waals surface area contributed by atoms with Crippen LogP contribution >= 0.6 is 0 Å². The molecule has 4 rings (SSSR count). The molecule has 160 valence electrons. The number of anilines is 2. The second-order valence-corrected chi connectivity index (χ2v) is 7.06. The second-order valence-electron chi connectivity index (χ2n) is 7.06. The van der Waals surface area contributed by atoms with Gasteiger partial charge in [-0.05, 0) is 36.8 Å². The third-order valence-corrected chi connectivity index (χ3v) is 4.54. The Hall–Kier alpha value is -4.08. The minimum absolute atomic E-state index is 0.0554. The molecule has 2 aliphatic heterocycles. The van der Waals surface area contributed by atoms with Crippen LogP contribution in [0.3, 0.4) is 0 Å². The zero-order chi connectivity index (χ0) is 21.8. The van der Waals surface area contributed by atoms with Crippen LogP contribution in [0.1, 0.15) is 12.0 Å². The van der Waals surface area contributed by atoms with E-state index < -0.39 is 11.9 Å². The highest BCUT2D eigenvalue weighted by atomic mass is 16.6. The first-order chi connectivity index (χ1) is 15.0.